The molecule has 0 spiro atoms. The summed E-state index contributed by atoms with van der Waals surface area (Å²) in [7, 11) is 0. The molecule has 1 saturated carbocycles. The molecule has 18 heavy (non-hydrogen) atoms. The van der Waals surface area contributed by atoms with E-state index >= 15 is 0 Å². The molecule has 4 nitrogen and oxygen atoms in total. The molecule has 0 saturated heterocycles. The third-order valence-corrected chi connectivity index (χ3v) is 3.91. The van der Waals surface area contributed by atoms with Gasteiger partial charge in [0.1, 0.15) is 0 Å². The average Bonchev–Trinajstić information content (AvgIpc) is 2.98. The molecule has 2 unspecified atom stereocenters. The molecule has 1 heterocycles. The van der Waals surface area contributed by atoms with E-state index in [9.17, 15) is 4.79 Å². The number of nitrogens with one attached hydrogen (secondary N) is 1. The summed E-state index contributed by atoms with van der Waals surface area (Å²) < 4.78 is 10.5. The van der Waals surface area contributed by atoms with E-state index in [0.29, 0.717) is 17.1 Å². The van der Waals surface area contributed by atoms with Gasteiger partial charge in [-0.05, 0) is 37.5 Å². The van der Waals surface area contributed by atoms with Crippen LogP contribution >= 0.6 is 11.6 Å². The number of ether oxygens (including phenoxy) is 2. The van der Waals surface area contributed by atoms with Crippen LogP contribution in [0.1, 0.15) is 29.6 Å². The lowest BCUT2D eigenvalue weighted by atomic mass is 10.1. The summed E-state index contributed by atoms with van der Waals surface area (Å²) in [5.41, 5.74) is 0.579. The van der Waals surface area contributed by atoms with Crippen LogP contribution < -0.4 is 14.8 Å². The molecular formula is C13H14ClNO3. The van der Waals surface area contributed by atoms with E-state index in [4.69, 9.17) is 21.1 Å². The van der Waals surface area contributed by atoms with Crippen LogP contribution in [0.3, 0.4) is 0 Å². The SMILES string of the molecule is O=C(NC1CCCC1Cl)c1ccc2c(c1)OCO2. The monoisotopic (exact) mass is 267 g/mol. The van der Waals surface area contributed by atoms with Gasteiger partial charge in [-0.3, -0.25) is 4.79 Å². The van der Waals surface area contributed by atoms with Crippen molar-refractivity contribution in [2.75, 3.05) is 6.79 Å². The largest absolute Gasteiger partial charge is 0.454 e. The van der Waals surface area contributed by atoms with E-state index in [2.05, 4.69) is 5.32 Å². The Bertz CT molecular complexity index is 477. The molecule has 1 fully saturated rings. The first-order valence-electron chi connectivity index (χ1n) is 6.08. The molecule has 5 heteroatoms. The number of carbonyl (C=O) groups is 1. The molecule has 1 aliphatic heterocycles. The molecule has 1 amide bonds. The molecule has 2 aliphatic rings. The van der Waals surface area contributed by atoms with E-state index in [0.717, 1.165) is 19.3 Å². The topological polar surface area (TPSA) is 47.6 Å². The zero-order valence-corrected chi connectivity index (χ0v) is 10.6. The van der Waals surface area contributed by atoms with Gasteiger partial charge in [-0.2, -0.15) is 0 Å². The summed E-state index contributed by atoms with van der Waals surface area (Å²) in [5.74, 6) is 1.20. The predicted octanol–water partition coefficient (Wildman–Crippen LogP) is 2.30. The van der Waals surface area contributed by atoms with Crippen LogP contribution in [0.4, 0.5) is 0 Å². The van der Waals surface area contributed by atoms with Crippen LogP contribution in [-0.2, 0) is 0 Å². The van der Waals surface area contributed by atoms with Crippen molar-refractivity contribution in [1.82, 2.24) is 5.32 Å². The summed E-state index contributed by atoms with van der Waals surface area (Å²) in [6, 6.07) is 5.27. The normalized spacial score (nSPS) is 25.2. The number of hydrogen-bond donors (Lipinski definition) is 1. The Morgan fingerprint density at radius 1 is 1.28 bits per heavy atom. The first-order valence-corrected chi connectivity index (χ1v) is 6.52. The van der Waals surface area contributed by atoms with Crippen LogP contribution in [0.2, 0.25) is 0 Å². The highest BCUT2D eigenvalue weighted by atomic mass is 35.5. The fourth-order valence-corrected chi connectivity index (χ4v) is 2.71. The Hall–Kier alpha value is -1.42. The molecule has 1 aromatic rings. The second kappa shape index (κ2) is 4.69. The first kappa shape index (κ1) is 11.7. The third kappa shape index (κ3) is 2.12. The summed E-state index contributed by atoms with van der Waals surface area (Å²) in [6.07, 6.45) is 2.98. The number of amides is 1. The highest BCUT2D eigenvalue weighted by Gasteiger charge is 2.27. The Balaban J connectivity index is 1.72. The van der Waals surface area contributed by atoms with Gasteiger partial charge in [0.2, 0.25) is 6.79 Å². The minimum Gasteiger partial charge on any atom is -0.454 e. The molecule has 96 valence electrons. The minimum absolute atomic E-state index is 0.0444. The Morgan fingerprint density at radius 2 is 2.11 bits per heavy atom. The number of rotatable bonds is 2. The van der Waals surface area contributed by atoms with Crippen LogP contribution in [0.25, 0.3) is 0 Å². The van der Waals surface area contributed by atoms with Gasteiger partial charge >= 0.3 is 0 Å². The Labute approximate surface area is 110 Å². The molecule has 2 atom stereocenters. The smallest absolute Gasteiger partial charge is 0.251 e. The Morgan fingerprint density at radius 3 is 2.89 bits per heavy atom. The van der Waals surface area contributed by atoms with Gasteiger partial charge in [0, 0.05) is 11.6 Å². The van der Waals surface area contributed by atoms with E-state index in [1.807, 2.05) is 0 Å². The summed E-state index contributed by atoms with van der Waals surface area (Å²) in [6.45, 7) is 0.215. The fraction of sp³-hybridized carbons (Fsp3) is 0.462. The number of fused-ring (bicyclic) bond motifs is 1. The maximum absolute atomic E-state index is 12.1. The lowest BCUT2D eigenvalue weighted by molar-refractivity contribution is 0.0938. The number of halogens is 1. The van der Waals surface area contributed by atoms with Gasteiger partial charge in [-0.1, -0.05) is 0 Å². The van der Waals surface area contributed by atoms with E-state index in [1.54, 1.807) is 18.2 Å². The summed E-state index contributed by atoms with van der Waals surface area (Å²) in [5, 5.41) is 3.01. The number of benzene rings is 1. The molecule has 0 aromatic heterocycles. The predicted molar refractivity (Wildman–Crippen MR) is 67.3 cm³/mol. The highest BCUT2D eigenvalue weighted by molar-refractivity contribution is 6.21. The first-order chi connectivity index (χ1) is 8.74. The van der Waals surface area contributed by atoms with Gasteiger partial charge in [-0.25, -0.2) is 0 Å². The Kier molecular flexibility index (Phi) is 3.04. The molecule has 1 aromatic carbocycles. The maximum Gasteiger partial charge on any atom is 0.251 e. The molecule has 1 N–H and O–H groups in total. The second-order valence-electron chi connectivity index (χ2n) is 4.59. The van der Waals surface area contributed by atoms with Crippen molar-refractivity contribution in [3.05, 3.63) is 23.8 Å². The van der Waals surface area contributed by atoms with Gasteiger partial charge in [0.05, 0.1) is 5.38 Å². The van der Waals surface area contributed by atoms with Crippen LogP contribution in [0.5, 0.6) is 11.5 Å². The standard InChI is InChI=1S/C13H14ClNO3/c14-9-2-1-3-10(9)15-13(16)8-4-5-11-12(6-8)18-7-17-11/h4-6,9-10H,1-3,7H2,(H,15,16). The number of alkyl halides is 1. The maximum atomic E-state index is 12.1. The average molecular weight is 268 g/mol. The van der Waals surface area contributed by atoms with Crippen molar-refractivity contribution in [3.63, 3.8) is 0 Å². The van der Waals surface area contributed by atoms with E-state index in [1.165, 1.54) is 0 Å². The zero-order valence-electron chi connectivity index (χ0n) is 9.82. The number of hydrogen-bond acceptors (Lipinski definition) is 3. The lowest BCUT2D eigenvalue weighted by Crippen LogP contribution is -2.37. The van der Waals surface area contributed by atoms with Crippen molar-refractivity contribution in [1.29, 1.82) is 0 Å². The highest BCUT2D eigenvalue weighted by Crippen LogP contribution is 2.32. The van der Waals surface area contributed by atoms with E-state index < -0.39 is 0 Å². The van der Waals surface area contributed by atoms with Gasteiger partial charge < -0.3 is 14.8 Å². The van der Waals surface area contributed by atoms with Gasteiger partial charge in [-0.15, -0.1) is 11.6 Å². The molecule has 3 rings (SSSR count). The molecular weight excluding hydrogens is 254 g/mol. The third-order valence-electron chi connectivity index (χ3n) is 3.38. The van der Waals surface area contributed by atoms with Crippen molar-refractivity contribution in [2.24, 2.45) is 0 Å². The van der Waals surface area contributed by atoms with Gasteiger partial charge in [0.25, 0.3) is 5.91 Å². The molecule has 1 aliphatic carbocycles. The van der Waals surface area contributed by atoms with Crippen LogP contribution in [0.15, 0.2) is 18.2 Å². The van der Waals surface area contributed by atoms with Crippen LogP contribution in [-0.4, -0.2) is 24.1 Å². The quantitative estimate of drug-likeness (QED) is 0.837. The van der Waals surface area contributed by atoms with Crippen molar-refractivity contribution < 1.29 is 14.3 Å². The lowest BCUT2D eigenvalue weighted by Gasteiger charge is -2.15. The second-order valence-corrected chi connectivity index (χ2v) is 5.16. The summed E-state index contributed by atoms with van der Waals surface area (Å²) >= 11 is 6.14. The number of carbonyl (C=O) groups excluding carboxylic acids is 1. The zero-order chi connectivity index (χ0) is 12.5. The molecule has 0 radical (unpaired) electrons. The molecule has 0 bridgehead atoms. The van der Waals surface area contributed by atoms with Crippen molar-refractivity contribution in [2.45, 2.75) is 30.7 Å². The summed E-state index contributed by atoms with van der Waals surface area (Å²) in [4.78, 5) is 12.1. The van der Waals surface area contributed by atoms with E-state index in [-0.39, 0.29) is 24.1 Å². The van der Waals surface area contributed by atoms with Crippen molar-refractivity contribution >= 4 is 17.5 Å². The van der Waals surface area contributed by atoms with Crippen LogP contribution in [0, 0.1) is 0 Å². The van der Waals surface area contributed by atoms with Crippen molar-refractivity contribution in [3.8, 4) is 11.5 Å². The minimum atomic E-state index is -0.106. The fourth-order valence-electron chi connectivity index (χ4n) is 2.37. The van der Waals surface area contributed by atoms with Gasteiger partial charge in [0.15, 0.2) is 11.5 Å².